The molecule has 2 atom stereocenters. The Morgan fingerprint density at radius 3 is 2.71 bits per heavy atom. The Hall–Kier alpha value is -2.73. The highest BCUT2D eigenvalue weighted by molar-refractivity contribution is 5.82. The number of aryl methyl sites for hydroxylation is 1. The van der Waals surface area contributed by atoms with Crippen LogP contribution in [0.2, 0.25) is 0 Å². The summed E-state index contributed by atoms with van der Waals surface area (Å²) in [5.74, 6) is 1.40. The van der Waals surface area contributed by atoms with Gasteiger partial charge in [-0.05, 0) is 62.1 Å². The van der Waals surface area contributed by atoms with Crippen LogP contribution in [0, 0.1) is 12.8 Å². The average Bonchev–Trinajstić information content (AvgIpc) is 3.54. The molecule has 3 aromatic rings. The summed E-state index contributed by atoms with van der Waals surface area (Å²) < 4.78 is 1.91. The predicted molar refractivity (Wildman–Crippen MR) is 123 cm³/mol. The number of aromatic nitrogens is 3. The molecule has 1 N–H and O–H groups in total. The van der Waals surface area contributed by atoms with E-state index in [0.717, 1.165) is 53.0 Å². The first-order valence-corrected chi connectivity index (χ1v) is 11.7. The molecule has 0 amide bonds. The Morgan fingerprint density at radius 1 is 1.03 bits per heavy atom. The van der Waals surface area contributed by atoms with E-state index in [9.17, 15) is 4.79 Å². The summed E-state index contributed by atoms with van der Waals surface area (Å²) in [6.07, 6.45) is 10.4. The van der Waals surface area contributed by atoms with E-state index in [4.69, 9.17) is 4.98 Å². The van der Waals surface area contributed by atoms with Crippen LogP contribution in [0.4, 0.5) is 5.95 Å². The first-order valence-electron chi connectivity index (χ1n) is 11.7. The highest BCUT2D eigenvalue weighted by Gasteiger charge is 2.36. The van der Waals surface area contributed by atoms with Crippen molar-refractivity contribution in [2.45, 2.75) is 64.0 Å². The molecule has 6 heteroatoms. The second kappa shape index (κ2) is 7.45. The van der Waals surface area contributed by atoms with Gasteiger partial charge in [-0.2, -0.15) is 4.98 Å². The molecule has 160 valence electrons. The Labute approximate surface area is 182 Å². The molecule has 3 aliphatic rings. The number of pyridine rings is 1. The molecule has 2 aromatic heterocycles. The van der Waals surface area contributed by atoms with Crippen molar-refractivity contribution in [1.82, 2.24) is 19.5 Å². The van der Waals surface area contributed by atoms with Crippen LogP contribution in [0.15, 0.2) is 41.3 Å². The van der Waals surface area contributed by atoms with Gasteiger partial charge < -0.3 is 0 Å². The Morgan fingerprint density at radius 2 is 1.87 bits per heavy atom. The summed E-state index contributed by atoms with van der Waals surface area (Å²) in [4.78, 5) is 23.0. The van der Waals surface area contributed by atoms with Crippen LogP contribution in [0.5, 0.6) is 0 Å². The minimum Gasteiger partial charge on any atom is -0.289 e. The number of fused-ring (bicyclic) bond motifs is 2. The molecule has 1 saturated heterocycles. The molecule has 1 aromatic carbocycles. The molecule has 1 aliphatic heterocycles. The van der Waals surface area contributed by atoms with Crippen LogP contribution >= 0.6 is 0 Å². The maximum Gasteiger partial charge on any atom is 0.260 e. The number of benzene rings is 1. The number of hydrogen-bond acceptors (Lipinski definition) is 5. The number of hydrogen-bond donors (Lipinski definition) is 1. The number of hydrazine groups is 1. The average molecular weight is 416 g/mol. The topological polar surface area (TPSA) is 63.1 Å². The van der Waals surface area contributed by atoms with Crippen LogP contribution in [0.3, 0.4) is 0 Å². The van der Waals surface area contributed by atoms with E-state index in [-0.39, 0.29) is 11.6 Å². The van der Waals surface area contributed by atoms with E-state index in [2.05, 4.69) is 28.4 Å². The molecular weight excluding hydrogens is 386 g/mol. The van der Waals surface area contributed by atoms with Crippen LogP contribution in [0.25, 0.3) is 22.2 Å². The lowest BCUT2D eigenvalue weighted by atomic mass is 9.85. The highest BCUT2D eigenvalue weighted by atomic mass is 16.1. The van der Waals surface area contributed by atoms with Gasteiger partial charge in [0.05, 0.1) is 0 Å². The van der Waals surface area contributed by atoms with Crippen molar-refractivity contribution in [2.24, 2.45) is 5.92 Å². The lowest BCUT2D eigenvalue weighted by molar-refractivity contribution is 0.211. The predicted octanol–water partition coefficient (Wildman–Crippen LogP) is 4.69. The highest BCUT2D eigenvalue weighted by Crippen LogP contribution is 2.38. The molecule has 0 spiro atoms. The summed E-state index contributed by atoms with van der Waals surface area (Å²) >= 11 is 0. The minimum absolute atomic E-state index is 0.0578. The van der Waals surface area contributed by atoms with Gasteiger partial charge in [0.15, 0.2) is 0 Å². The van der Waals surface area contributed by atoms with Crippen molar-refractivity contribution in [3.8, 4) is 11.1 Å². The zero-order valence-corrected chi connectivity index (χ0v) is 18.1. The molecule has 2 aliphatic carbocycles. The number of nitrogens with one attached hydrogen (secondary N) is 1. The van der Waals surface area contributed by atoms with Gasteiger partial charge in [0.2, 0.25) is 5.95 Å². The smallest absolute Gasteiger partial charge is 0.260 e. The summed E-state index contributed by atoms with van der Waals surface area (Å²) in [5.41, 5.74) is 7.14. The normalized spacial score (nSPS) is 23.8. The van der Waals surface area contributed by atoms with Gasteiger partial charge in [-0.15, -0.1) is 0 Å². The molecule has 2 saturated carbocycles. The fourth-order valence-electron chi connectivity index (χ4n) is 5.59. The first kappa shape index (κ1) is 19.0. The van der Waals surface area contributed by atoms with Crippen LogP contribution in [-0.2, 0) is 0 Å². The van der Waals surface area contributed by atoms with Gasteiger partial charge in [-0.3, -0.25) is 14.8 Å². The van der Waals surface area contributed by atoms with Crippen molar-refractivity contribution < 1.29 is 0 Å². The standard InChI is InChI=1S/C25H29N5O/c1-16-6-2-4-8-20(16)21-14-18-15-26-25(27-23(18)30(24(21)31)19-10-11-19)28-29-13-12-17-7-3-5-9-22(17)29/h2,4,6,8,14-15,17,19,22H,3,5,7,9-13H2,1H3,(H,26,27,28). The van der Waals surface area contributed by atoms with E-state index in [1.54, 1.807) is 0 Å². The fraction of sp³-hybridized carbons (Fsp3) is 0.480. The molecule has 2 unspecified atom stereocenters. The van der Waals surface area contributed by atoms with Crippen molar-refractivity contribution in [1.29, 1.82) is 0 Å². The Balaban J connectivity index is 1.41. The quantitative estimate of drug-likeness (QED) is 0.670. The third-order valence-corrected chi connectivity index (χ3v) is 7.37. The zero-order chi connectivity index (χ0) is 20.9. The van der Waals surface area contributed by atoms with Crippen molar-refractivity contribution in [3.63, 3.8) is 0 Å². The van der Waals surface area contributed by atoms with E-state index >= 15 is 0 Å². The van der Waals surface area contributed by atoms with E-state index in [0.29, 0.717) is 12.0 Å². The lowest BCUT2D eigenvalue weighted by Gasteiger charge is -2.31. The van der Waals surface area contributed by atoms with Crippen LogP contribution < -0.4 is 11.0 Å². The van der Waals surface area contributed by atoms with Crippen LogP contribution in [-0.4, -0.2) is 32.1 Å². The molecule has 3 heterocycles. The third kappa shape index (κ3) is 3.33. The third-order valence-electron chi connectivity index (χ3n) is 7.37. The summed E-state index contributed by atoms with van der Waals surface area (Å²) in [6.45, 7) is 3.09. The number of rotatable bonds is 4. The SMILES string of the molecule is Cc1ccccc1-c1cc2cnc(NN3CCC4CCCCC43)nc2n(C2CC2)c1=O. The molecule has 6 rings (SSSR count). The van der Waals surface area contributed by atoms with Gasteiger partial charge in [0.1, 0.15) is 5.65 Å². The van der Waals surface area contributed by atoms with Crippen molar-refractivity contribution in [3.05, 3.63) is 52.4 Å². The van der Waals surface area contributed by atoms with Crippen molar-refractivity contribution >= 4 is 17.0 Å². The fourth-order valence-corrected chi connectivity index (χ4v) is 5.59. The van der Waals surface area contributed by atoms with E-state index in [1.807, 2.05) is 35.0 Å². The Bertz CT molecular complexity index is 1200. The van der Waals surface area contributed by atoms with Crippen LogP contribution in [0.1, 0.15) is 56.6 Å². The molecule has 0 radical (unpaired) electrons. The maximum absolute atomic E-state index is 13.5. The maximum atomic E-state index is 13.5. The number of anilines is 1. The van der Waals surface area contributed by atoms with Gasteiger partial charge in [-0.1, -0.05) is 37.1 Å². The molecule has 0 bridgehead atoms. The Kier molecular flexibility index (Phi) is 4.56. The second-order valence-corrected chi connectivity index (χ2v) is 9.46. The summed E-state index contributed by atoms with van der Waals surface area (Å²) in [7, 11) is 0. The number of nitrogens with zero attached hydrogens (tertiary/aromatic N) is 4. The van der Waals surface area contributed by atoms with E-state index in [1.165, 1.54) is 32.1 Å². The van der Waals surface area contributed by atoms with Gasteiger partial charge in [-0.25, -0.2) is 9.99 Å². The molecule has 6 nitrogen and oxygen atoms in total. The monoisotopic (exact) mass is 415 g/mol. The molecule has 31 heavy (non-hydrogen) atoms. The van der Waals surface area contributed by atoms with E-state index < -0.39 is 0 Å². The second-order valence-electron chi connectivity index (χ2n) is 9.46. The lowest BCUT2D eigenvalue weighted by Crippen LogP contribution is -2.39. The van der Waals surface area contributed by atoms with Gasteiger partial charge in [0, 0.05) is 35.8 Å². The zero-order valence-electron chi connectivity index (χ0n) is 18.1. The molecular formula is C25H29N5O. The van der Waals surface area contributed by atoms with Gasteiger partial charge in [0.25, 0.3) is 5.56 Å². The van der Waals surface area contributed by atoms with Gasteiger partial charge >= 0.3 is 0 Å². The first-order chi connectivity index (χ1) is 15.2. The molecule has 3 fully saturated rings. The summed E-state index contributed by atoms with van der Waals surface area (Å²) in [5, 5.41) is 3.26. The summed E-state index contributed by atoms with van der Waals surface area (Å²) in [6, 6.07) is 10.9. The van der Waals surface area contributed by atoms with Crippen molar-refractivity contribution in [2.75, 3.05) is 12.0 Å². The largest absolute Gasteiger partial charge is 0.289 e. The minimum atomic E-state index is 0.0578.